The maximum Gasteiger partial charge on any atom is 0.155 e. The van der Waals surface area contributed by atoms with Crippen molar-refractivity contribution in [2.24, 2.45) is 0 Å². The molecule has 3 heteroatoms. The summed E-state index contributed by atoms with van der Waals surface area (Å²) in [7, 11) is 0. The molecule has 0 aromatic heterocycles. The van der Waals surface area contributed by atoms with Crippen LogP contribution in [0.1, 0.15) is 32.6 Å². The van der Waals surface area contributed by atoms with Crippen molar-refractivity contribution >= 4 is 31.0 Å². The monoisotopic (exact) mass is 178 g/mol. The number of hydrogen-bond donors (Lipinski definition) is 2. The summed E-state index contributed by atoms with van der Waals surface area (Å²) in [5.41, 5.74) is 0. The van der Waals surface area contributed by atoms with Crippen LogP contribution in [0.3, 0.4) is 0 Å². The van der Waals surface area contributed by atoms with Gasteiger partial charge in [0.05, 0.1) is 0 Å². The van der Waals surface area contributed by atoms with Crippen molar-refractivity contribution in [2.75, 3.05) is 0 Å². The molecule has 0 rings (SSSR count). The van der Waals surface area contributed by atoms with E-state index in [-0.39, 0.29) is 10.4 Å². The van der Waals surface area contributed by atoms with Crippen molar-refractivity contribution in [3.05, 3.63) is 0 Å². The molecule has 0 aliphatic carbocycles. The van der Waals surface area contributed by atoms with Crippen LogP contribution in [-0.4, -0.2) is 10.4 Å². The Morgan fingerprint density at radius 3 is 2.40 bits per heavy atom. The molecule has 0 bridgehead atoms. The highest BCUT2D eigenvalue weighted by molar-refractivity contribution is 8.00. The molecule has 0 saturated carbocycles. The number of Topliss-reactive ketones (excluding diaryl/α,β-unsaturated/α-hetero) is 1. The van der Waals surface area contributed by atoms with Crippen molar-refractivity contribution in [1.82, 2.24) is 0 Å². The number of unbranched alkanes of at least 4 members (excludes halogenated alkanes) is 2. The Balaban J connectivity index is 3.22. The first-order chi connectivity index (χ1) is 4.68. The summed E-state index contributed by atoms with van der Waals surface area (Å²) in [5.74, 6) is 0.139. The summed E-state index contributed by atoms with van der Waals surface area (Å²) in [6, 6.07) is 0. The molecule has 0 heterocycles. The third kappa shape index (κ3) is 5.18. The lowest BCUT2D eigenvalue weighted by molar-refractivity contribution is -0.117. The second-order valence-electron chi connectivity index (χ2n) is 2.30. The predicted octanol–water partition coefficient (Wildman–Crippen LogP) is 2.32. The number of carbonyl (C=O) groups is 1. The zero-order valence-electron chi connectivity index (χ0n) is 6.21. The van der Waals surface area contributed by atoms with E-state index in [1.54, 1.807) is 0 Å². The maximum atomic E-state index is 10.9. The highest BCUT2D eigenvalue weighted by Crippen LogP contribution is 2.08. The molecular weight excluding hydrogens is 164 g/mol. The van der Waals surface area contributed by atoms with Crippen molar-refractivity contribution in [3.63, 3.8) is 0 Å². The average molecular weight is 178 g/mol. The Kier molecular flexibility index (Phi) is 6.33. The molecule has 0 aliphatic heterocycles. The van der Waals surface area contributed by atoms with E-state index >= 15 is 0 Å². The van der Waals surface area contributed by atoms with Gasteiger partial charge in [0.15, 0.2) is 5.78 Å². The molecule has 0 N–H and O–H groups in total. The lowest BCUT2D eigenvalue weighted by atomic mass is 10.1. The van der Waals surface area contributed by atoms with Crippen molar-refractivity contribution < 1.29 is 4.79 Å². The summed E-state index contributed by atoms with van der Waals surface area (Å²) >= 11 is 7.82. The summed E-state index contributed by atoms with van der Waals surface area (Å²) in [6.07, 6.45) is 3.88. The van der Waals surface area contributed by atoms with Crippen LogP contribution < -0.4 is 0 Å². The fourth-order valence-electron chi connectivity index (χ4n) is 0.678. The van der Waals surface area contributed by atoms with Crippen LogP contribution >= 0.6 is 25.3 Å². The lowest BCUT2D eigenvalue weighted by Gasteiger charge is -2.00. The first-order valence-electron chi connectivity index (χ1n) is 3.57. The van der Waals surface area contributed by atoms with Gasteiger partial charge in [-0.1, -0.05) is 19.8 Å². The second kappa shape index (κ2) is 6.10. The molecule has 0 unspecified atom stereocenters. The van der Waals surface area contributed by atoms with Crippen LogP contribution in [-0.2, 0) is 4.79 Å². The molecule has 60 valence electrons. The molecule has 0 spiro atoms. The molecule has 1 nitrogen and oxygen atoms in total. The van der Waals surface area contributed by atoms with Gasteiger partial charge in [-0.2, -0.15) is 25.3 Å². The molecule has 10 heavy (non-hydrogen) atoms. The van der Waals surface area contributed by atoms with E-state index in [4.69, 9.17) is 0 Å². The number of carbonyl (C=O) groups excluding carboxylic acids is 1. The van der Waals surface area contributed by atoms with Crippen molar-refractivity contribution in [3.8, 4) is 0 Å². The number of ketones is 1. The van der Waals surface area contributed by atoms with E-state index in [2.05, 4.69) is 32.2 Å². The summed E-state index contributed by atoms with van der Waals surface area (Å²) < 4.78 is -0.378. The van der Waals surface area contributed by atoms with E-state index in [1.807, 2.05) is 0 Å². The van der Waals surface area contributed by atoms with Crippen molar-refractivity contribution in [1.29, 1.82) is 0 Å². The molecular formula is C7H14OS2. The topological polar surface area (TPSA) is 17.1 Å². The molecule has 0 aromatic rings. The van der Waals surface area contributed by atoms with E-state index in [1.165, 1.54) is 0 Å². The smallest absolute Gasteiger partial charge is 0.155 e. The van der Waals surface area contributed by atoms with Crippen LogP contribution in [0.5, 0.6) is 0 Å². The van der Waals surface area contributed by atoms with Gasteiger partial charge in [-0.3, -0.25) is 4.79 Å². The van der Waals surface area contributed by atoms with Gasteiger partial charge in [0, 0.05) is 6.42 Å². The van der Waals surface area contributed by atoms with Crippen molar-refractivity contribution in [2.45, 2.75) is 37.2 Å². The molecule has 0 aromatic carbocycles. The fourth-order valence-corrected chi connectivity index (χ4v) is 0.937. The minimum absolute atomic E-state index is 0.139. The van der Waals surface area contributed by atoms with Crippen LogP contribution in [0, 0.1) is 0 Å². The Morgan fingerprint density at radius 2 is 2.00 bits per heavy atom. The van der Waals surface area contributed by atoms with Gasteiger partial charge in [-0.25, -0.2) is 0 Å². The zero-order chi connectivity index (χ0) is 7.98. The van der Waals surface area contributed by atoms with E-state index in [0.29, 0.717) is 6.42 Å². The largest absolute Gasteiger partial charge is 0.298 e. The molecule has 0 radical (unpaired) electrons. The number of rotatable bonds is 5. The Labute approximate surface area is 73.4 Å². The minimum Gasteiger partial charge on any atom is -0.298 e. The molecule has 0 amide bonds. The maximum absolute atomic E-state index is 10.9. The van der Waals surface area contributed by atoms with Gasteiger partial charge in [0.25, 0.3) is 0 Å². The standard InChI is InChI=1S/C7H14OS2/c1-2-3-4-5-6(8)7(9)10/h7,9-10H,2-5H2,1H3. The lowest BCUT2D eigenvalue weighted by Crippen LogP contribution is -2.06. The van der Waals surface area contributed by atoms with E-state index in [0.717, 1.165) is 19.3 Å². The molecule has 0 atom stereocenters. The van der Waals surface area contributed by atoms with Gasteiger partial charge in [0.1, 0.15) is 4.58 Å². The Hall–Kier alpha value is 0.370. The van der Waals surface area contributed by atoms with Gasteiger partial charge < -0.3 is 0 Å². The molecule has 0 fully saturated rings. The molecule has 0 saturated heterocycles. The average Bonchev–Trinajstić information content (AvgIpc) is 1.88. The molecule has 0 aliphatic rings. The summed E-state index contributed by atoms with van der Waals surface area (Å²) in [5, 5.41) is 0. The summed E-state index contributed by atoms with van der Waals surface area (Å²) in [6.45, 7) is 2.11. The third-order valence-corrected chi connectivity index (χ3v) is 1.89. The summed E-state index contributed by atoms with van der Waals surface area (Å²) in [4.78, 5) is 10.9. The SMILES string of the molecule is CCCCCC(=O)C(S)S. The zero-order valence-corrected chi connectivity index (χ0v) is 8.00. The highest BCUT2D eigenvalue weighted by atomic mass is 32.2. The quantitative estimate of drug-likeness (QED) is 0.375. The van der Waals surface area contributed by atoms with Crippen LogP contribution in [0.25, 0.3) is 0 Å². The predicted molar refractivity (Wildman–Crippen MR) is 50.9 cm³/mol. The van der Waals surface area contributed by atoms with E-state index in [9.17, 15) is 4.79 Å². The van der Waals surface area contributed by atoms with E-state index < -0.39 is 0 Å². The van der Waals surface area contributed by atoms with Gasteiger partial charge in [0.2, 0.25) is 0 Å². The van der Waals surface area contributed by atoms with Gasteiger partial charge in [-0.05, 0) is 6.42 Å². The van der Waals surface area contributed by atoms with Gasteiger partial charge in [-0.15, -0.1) is 0 Å². The normalized spacial score (nSPS) is 10.4. The van der Waals surface area contributed by atoms with Crippen LogP contribution in [0.15, 0.2) is 0 Å². The first kappa shape index (κ1) is 10.4. The number of hydrogen-bond acceptors (Lipinski definition) is 3. The Bertz CT molecular complexity index is 102. The number of thiol groups is 2. The highest BCUT2D eigenvalue weighted by Gasteiger charge is 2.06. The Morgan fingerprint density at radius 1 is 1.40 bits per heavy atom. The first-order valence-corrected chi connectivity index (χ1v) is 4.60. The fraction of sp³-hybridized carbons (Fsp3) is 0.857. The van der Waals surface area contributed by atoms with Crippen LogP contribution in [0.2, 0.25) is 0 Å². The third-order valence-electron chi connectivity index (χ3n) is 1.31. The second-order valence-corrected chi connectivity index (χ2v) is 3.74. The van der Waals surface area contributed by atoms with Crippen LogP contribution in [0.4, 0.5) is 0 Å². The van der Waals surface area contributed by atoms with Gasteiger partial charge >= 0.3 is 0 Å². The minimum atomic E-state index is -0.378.